The number of nitrogens with one attached hydrogen (secondary N) is 4. The number of carboxylic acids is 1. The first-order valence-electron chi connectivity index (χ1n) is 11.3. The highest BCUT2D eigenvalue weighted by molar-refractivity contribution is 5.95. The van der Waals surface area contributed by atoms with Crippen LogP contribution in [-0.4, -0.2) is 81.4 Å². The number of hydrogen-bond acceptors (Lipinski definition) is 7. The molecule has 0 aliphatic heterocycles. The summed E-state index contributed by atoms with van der Waals surface area (Å²) in [4.78, 5) is 52.8. The van der Waals surface area contributed by atoms with Gasteiger partial charge in [-0.2, -0.15) is 0 Å². The fraction of sp³-hybridized carbons (Fsp3) is 0.478. The molecule has 0 aliphatic rings. The number of carboxylic acid groups (broad SMARTS) is 1. The molecule has 5 atom stereocenters. The molecule has 9 N–H and O–H groups in total. The average Bonchev–Trinajstić information content (AvgIpc) is 3.26. The molecule has 1 aromatic carbocycles. The number of hydrogen-bond donors (Lipinski definition) is 8. The Morgan fingerprint density at radius 1 is 0.971 bits per heavy atom. The van der Waals surface area contributed by atoms with Crippen molar-refractivity contribution < 1.29 is 34.5 Å². The number of amides is 3. The Kier molecular flexibility index (Phi) is 10.2. The van der Waals surface area contributed by atoms with Crippen LogP contribution in [0.1, 0.15) is 25.8 Å². The summed E-state index contributed by atoms with van der Waals surface area (Å²) in [5, 5.41) is 35.8. The van der Waals surface area contributed by atoms with Crippen molar-refractivity contribution in [3.63, 3.8) is 0 Å². The number of aliphatic hydroxyl groups excluding tert-OH is 2. The largest absolute Gasteiger partial charge is 0.480 e. The Morgan fingerprint density at radius 2 is 1.63 bits per heavy atom. The van der Waals surface area contributed by atoms with Crippen molar-refractivity contribution in [3.05, 3.63) is 36.0 Å². The van der Waals surface area contributed by atoms with Crippen LogP contribution < -0.4 is 21.7 Å². The minimum atomic E-state index is -1.56. The third kappa shape index (κ3) is 7.25. The zero-order valence-corrected chi connectivity index (χ0v) is 19.7. The molecule has 35 heavy (non-hydrogen) atoms. The highest BCUT2D eigenvalue weighted by Gasteiger charge is 2.32. The van der Waals surface area contributed by atoms with E-state index in [4.69, 9.17) is 10.8 Å². The quantitative estimate of drug-likeness (QED) is 0.167. The van der Waals surface area contributed by atoms with Gasteiger partial charge in [-0.05, 0) is 17.5 Å². The summed E-state index contributed by atoms with van der Waals surface area (Å²) < 4.78 is 0. The van der Waals surface area contributed by atoms with Crippen LogP contribution in [0.4, 0.5) is 0 Å². The van der Waals surface area contributed by atoms with Crippen molar-refractivity contribution in [1.82, 2.24) is 20.9 Å². The van der Waals surface area contributed by atoms with Crippen molar-refractivity contribution in [2.24, 2.45) is 11.7 Å². The molecular formula is C23H33N5O7. The van der Waals surface area contributed by atoms with Crippen LogP contribution in [0.5, 0.6) is 0 Å². The molecular weight excluding hydrogens is 458 g/mol. The van der Waals surface area contributed by atoms with Crippen molar-refractivity contribution in [1.29, 1.82) is 0 Å². The summed E-state index contributed by atoms with van der Waals surface area (Å²) in [5.41, 5.74) is 7.07. The van der Waals surface area contributed by atoms with Crippen LogP contribution in [0.25, 0.3) is 10.9 Å². The second-order valence-electron chi connectivity index (χ2n) is 8.37. The van der Waals surface area contributed by atoms with Gasteiger partial charge in [0.1, 0.15) is 24.2 Å². The molecule has 0 spiro atoms. The number of benzene rings is 1. The molecule has 0 radical (unpaired) electrons. The molecule has 1 heterocycles. The third-order valence-electron chi connectivity index (χ3n) is 5.86. The zero-order valence-electron chi connectivity index (χ0n) is 19.7. The van der Waals surface area contributed by atoms with Crippen molar-refractivity contribution >= 4 is 34.6 Å². The summed E-state index contributed by atoms with van der Waals surface area (Å²) in [6.45, 7) is 2.11. The smallest absolute Gasteiger partial charge is 0.328 e. The number of rotatable bonds is 13. The molecule has 2 aromatic rings. The van der Waals surface area contributed by atoms with Gasteiger partial charge in [0, 0.05) is 23.5 Å². The Labute approximate surface area is 202 Å². The van der Waals surface area contributed by atoms with Gasteiger partial charge in [0.15, 0.2) is 0 Å². The van der Waals surface area contributed by atoms with Crippen LogP contribution >= 0.6 is 0 Å². The van der Waals surface area contributed by atoms with E-state index in [9.17, 15) is 29.4 Å². The lowest BCUT2D eigenvalue weighted by Crippen LogP contribution is -2.59. The third-order valence-corrected chi connectivity index (χ3v) is 5.86. The lowest BCUT2D eigenvalue weighted by atomic mass is 9.96. The molecule has 12 nitrogen and oxygen atoms in total. The Morgan fingerprint density at radius 3 is 2.23 bits per heavy atom. The topological polar surface area (TPSA) is 207 Å². The number of fused-ring (bicyclic) bond motifs is 1. The van der Waals surface area contributed by atoms with E-state index >= 15 is 0 Å². The van der Waals surface area contributed by atoms with E-state index in [1.807, 2.05) is 31.2 Å². The van der Waals surface area contributed by atoms with E-state index < -0.39 is 61.1 Å². The minimum Gasteiger partial charge on any atom is -0.480 e. The second-order valence-corrected chi connectivity index (χ2v) is 8.37. The number of aliphatic hydroxyl groups is 2. The average molecular weight is 492 g/mol. The highest BCUT2D eigenvalue weighted by Crippen LogP contribution is 2.19. The zero-order chi connectivity index (χ0) is 26.1. The first-order chi connectivity index (χ1) is 16.6. The summed E-state index contributed by atoms with van der Waals surface area (Å²) in [6.07, 6.45) is 2.21. The minimum absolute atomic E-state index is 0.0106. The summed E-state index contributed by atoms with van der Waals surface area (Å²) >= 11 is 0. The monoisotopic (exact) mass is 491 g/mol. The van der Waals surface area contributed by atoms with Crippen LogP contribution in [0, 0.1) is 5.92 Å². The second kappa shape index (κ2) is 12.8. The van der Waals surface area contributed by atoms with Gasteiger partial charge in [-0.15, -0.1) is 0 Å². The van der Waals surface area contributed by atoms with Crippen LogP contribution in [0.15, 0.2) is 30.5 Å². The maximum atomic E-state index is 13.2. The van der Waals surface area contributed by atoms with Gasteiger partial charge >= 0.3 is 5.97 Å². The molecule has 192 valence electrons. The first kappa shape index (κ1) is 27.8. The maximum absolute atomic E-state index is 13.2. The van der Waals surface area contributed by atoms with Gasteiger partial charge in [-0.3, -0.25) is 14.4 Å². The summed E-state index contributed by atoms with van der Waals surface area (Å²) in [5.74, 6) is -3.98. The molecule has 0 saturated carbocycles. The lowest BCUT2D eigenvalue weighted by Gasteiger charge is -2.27. The molecule has 1 aromatic heterocycles. The van der Waals surface area contributed by atoms with Crippen LogP contribution in [-0.2, 0) is 25.6 Å². The molecule has 0 aliphatic carbocycles. The number of carbonyl (C=O) groups excluding carboxylic acids is 3. The predicted molar refractivity (Wildman–Crippen MR) is 127 cm³/mol. The fourth-order valence-corrected chi connectivity index (χ4v) is 3.49. The number of aliphatic carboxylic acids is 1. The van der Waals surface area contributed by atoms with Crippen LogP contribution in [0.3, 0.4) is 0 Å². The van der Waals surface area contributed by atoms with Crippen molar-refractivity contribution in [2.75, 3.05) is 13.2 Å². The molecule has 2 rings (SSSR count). The Balaban J connectivity index is 2.32. The van der Waals surface area contributed by atoms with Gasteiger partial charge in [0.25, 0.3) is 0 Å². The van der Waals surface area contributed by atoms with Gasteiger partial charge in [-0.25, -0.2) is 4.79 Å². The van der Waals surface area contributed by atoms with Crippen molar-refractivity contribution in [3.8, 4) is 0 Å². The molecule has 0 bridgehead atoms. The molecule has 5 unspecified atom stereocenters. The van der Waals surface area contributed by atoms with E-state index in [0.717, 1.165) is 10.9 Å². The number of para-hydroxylation sites is 1. The number of carbonyl (C=O) groups is 4. The van der Waals surface area contributed by atoms with Crippen LogP contribution in [0.2, 0.25) is 0 Å². The summed E-state index contributed by atoms with van der Waals surface area (Å²) in [7, 11) is 0. The lowest BCUT2D eigenvalue weighted by molar-refractivity contribution is -0.143. The molecule has 0 fully saturated rings. The van der Waals surface area contributed by atoms with E-state index in [2.05, 4.69) is 20.9 Å². The van der Waals surface area contributed by atoms with Crippen molar-refractivity contribution in [2.45, 2.75) is 50.9 Å². The number of H-pyrrole nitrogens is 1. The van der Waals surface area contributed by atoms with Gasteiger partial charge in [-0.1, -0.05) is 38.5 Å². The molecule has 0 saturated heterocycles. The Hall–Kier alpha value is -3.48. The number of aromatic nitrogens is 1. The normalized spacial score (nSPS) is 15.5. The fourth-order valence-electron chi connectivity index (χ4n) is 3.49. The van der Waals surface area contributed by atoms with E-state index in [1.54, 1.807) is 13.1 Å². The maximum Gasteiger partial charge on any atom is 0.328 e. The predicted octanol–water partition coefficient (Wildman–Crippen LogP) is -1.39. The molecule has 12 heteroatoms. The van der Waals surface area contributed by atoms with E-state index in [-0.39, 0.29) is 12.3 Å². The number of nitrogens with two attached hydrogens (primary N) is 1. The highest BCUT2D eigenvalue weighted by atomic mass is 16.4. The van der Waals surface area contributed by atoms with Gasteiger partial charge < -0.3 is 42.0 Å². The first-order valence-corrected chi connectivity index (χ1v) is 11.3. The Bertz CT molecular complexity index is 1040. The van der Waals surface area contributed by atoms with E-state index in [0.29, 0.717) is 12.0 Å². The van der Waals surface area contributed by atoms with E-state index in [1.165, 1.54) is 0 Å². The van der Waals surface area contributed by atoms with Gasteiger partial charge in [0.05, 0.1) is 13.2 Å². The van der Waals surface area contributed by atoms with Gasteiger partial charge in [0.2, 0.25) is 17.7 Å². The summed E-state index contributed by atoms with van der Waals surface area (Å²) in [6, 6.07) is 2.28. The number of aromatic amines is 1. The standard InChI is InChI=1S/C23H33N5O7/c1-3-12(2)19(28-20(31)15(24)10-29)22(33)26-17(21(32)27-18(11-30)23(34)35)8-13-9-25-16-7-5-4-6-14(13)16/h4-7,9,12,15,17-19,25,29-30H,3,8,10-11,24H2,1-2H3,(H,26,33)(H,27,32)(H,28,31)(H,34,35). The molecule has 3 amide bonds. The SMILES string of the molecule is CCC(C)C(NC(=O)C(N)CO)C(=O)NC(Cc1c[nH]c2ccccc12)C(=O)NC(CO)C(=O)O.